The Kier molecular flexibility index (Phi) is 2.38. The van der Waals surface area contributed by atoms with Crippen LogP contribution in [-0.4, -0.2) is 29.7 Å². The highest BCUT2D eigenvalue weighted by Gasteiger charge is 2.26. The molecule has 0 aliphatic carbocycles. The summed E-state index contributed by atoms with van der Waals surface area (Å²) in [6.07, 6.45) is 1.74. The van der Waals surface area contributed by atoms with Crippen molar-refractivity contribution in [2.45, 2.75) is 17.6 Å². The number of aliphatic hydroxyl groups excluding tert-OH is 1. The molecule has 9 heavy (non-hydrogen) atoms. The maximum atomic E-state index is 8.82. The summed E-state index contributed by atoms with van der Waals surface area (Å²) in [7, 11) is 0. The summed E-state index contributed by atoms with van der Waals surface area (Å²) in [6, 6.07) is 0. The molecule has 1 fully saturated rings. The predicted molar refractivity (Wildman–Crippen MR) is 38.9 cm³/mol. The van der Waals surface area contributed by atoms with Gasteiger partial charge in [-0.2, -0.15) is 12.6 Å². The average molecular weight is 148 g/mol. The van der Waals surface area contributed by atoms with E-state index < -0.39 is 0 Å². The maximum absolute atomic E-state index is 8.82. The monoisotopic (exact) mass is 148 g/mol. The first kappa shape index (κ1) is 7.38. The third-order valence-electron chi connectivity index (χ3n) is 1.72. The van der Waals surface area contributed by atoms with Crippen molar-refractivity contribution < 1.29 is 9.84 Å². The molecule has 0 bridgehead atoms. The number of ether oxygens (including phenoxy) is 1. The normalized spacial score (nSPS) is 26.0. The van der Waals surface area contributed by atoms with Crippen molar-refractivity contribution in [3.63, 3.8) is 0 Å². The predicted octanol–water partition coefficient (Wildman–Crippen LogP) is 0.458. The van der Waals surface area contributed by atoms with Gasteiger partial charge < -0.3 is 9.84 Å². The fourth-order valence-corrected chi connectivity index (χ4v) is 1.09. The average Bonchev–Trinajstić information content (AvgIpc) is 1.90. The van der Waals surface area contributed by atoms with Crippen LogP contribution < -0.4 is 0 Å². The van der Waals surface area contributed by atoms with Gasteiger partial charge >= 0.3 is 0 Å². The van der Waals surface area contributed by atoms with Gasteiger partial charge in [0, 0.05) is 18.0 Å². The van der Waals surface area contributed by atoms with E-state index in [9.17, 15) is 0 Å². The van der Waals surface area contributed by atoms with E-state index in [0.717, 1.165) is 26.1 Å². The van der Waals surface area contributed by atoms with Crippen LogP contribution in [0, 0.1) is 0 Å². The van der Waals surface area contributed by atoms with Gasteiger partial charge in [0.1, 0.15) is 0 Å². The molecule has 0 atom stereocenters. The van der Waals surface area contributed by atoms with Gasteiger partial charge in [-0.15, -0.1) is 0 Å². The number of rotatable bonds is 1. The molecule has 0 aromatic heterocycles. The van der Waals surface area contributed by atoms with Crippen LogP contribution in [0.1, 0.15) is 12.8 Å². The molecule has 0 amide bonds. The fourth-order valence-electron chi connectivity index (χ4n) is 0.909. The van der Waals surface area contributed by atoms with Crippen molar-refractivity contribution >= 4 is 12.6 Å². The number of thiol groups is 1. The first-order valence-corrected chi connectivity index (χ1v) is 3.63. The minimum absolute atomic E-state index is 0.155. The summed E-state index contributed by atoms with van der Waals surface area (Å²) in [6.45, 7) is 1.65. The molecule has 2 nitrogen and oxygen atoms in total. The van der Waals surface area contributed by atoms with E-state index in [1.54, 1.807) is 0 Å². The molecule has 1 heterocycles. The lowest BCUT2D eigenvalue weighted by atomic mass is 10.0. The van der Waals surface area contributed by atoms with Gasteiger partial charge in [-0.05, 0) is 12.8 Å². The van der Waals surface area contributed by atoms with Gasteiger partial charge in [-0.3, -0.25) is 0 Å². The zero-order chi connectivity index (χ0) is 6.74. The zero-order valence-corrected chi connectivity index (χ0v) is 6.23. The van der Waals surface area contributed by atoms with Crippen LogP contribution in [0.2, 0.25) is 0 Å². The Labute approximate surface area is 60.6 Å². The Morgan fingerprint density at radius 2 is 2.00 bits per heavy atom. The summed E-state index contributed by atoms with van der Waals surface area (Å²) in [5.41, 5.74) is 0. The van der Waals surface area contributed by atoms with E-state index >= 15 is 0 Å². The molecular formula is C6H12O2S. The Balaban J connectivity index is 2.37. The van der Waals surface area contributed by atoms with Crippen LogP contribution in [0.15, 0.2) is 0 Å². The van der Waals surface area contributed by atoms with Gasteiger partial charge in [0.2, 0.25) is 0 Å². The van der Waals surface area contributed by atoms with Crippen LogP contribution in [-0.2, 0) is 4.74 Å². The van der Waals surface area contributed by atoms with Gasteiger partial charge in [0.05, 0.1) is 6.61 Å². The van der Waals surface area contributed by atoms with Gasteiger partial charge in [-0.1, -0.05) is 0 Å². The topological polar surface area (TPSA) is 29.5 Å². The van der Waals surface area contributed by atoms with Crippen LogP contribution >= 0.6 is 12.6 Å². The maximum Gasteiger partial charge on any atom is 0.0577 e. The highest BCUT2D eigenvalue weighted by Crippen LogP contribution is 2.26. The van der Waals surface area contributed by atoms with Crippen molar-refractivity contribution in [3.8, 4) is 0 Å². The molecular weight excluding hydrogens is 136 g/mol. The van der Waals surface area contributed by atoms with E-state index in [1.807, 2.05) is 0 Å². The lowest BCUT2D eigenvalue weighted by Gasteiger charge is -2.30. The summed E-state index contributed by atoms with van der Waals surface area (Å²) in [5, 5.41) is 8.82. The zero-order valence-electron chi connectivity index (χ0n) is 5.34. The number of hydrogen-bond donors (Lipinski definition) is 2. The molecule has 0 aromatic rings. The molecule has 0 spiro atoms. The first-order chi connectivity index (χ1) is 4.27. The molecule has 1 saturated heterocycles. The summed E-state index contributed by atoms with van der Waals surface area (Å²) < 4.78 is 4.95. The molecule has 1 N–H and O–H groups in total. The van der Waals surface area contributed by atoms with Crippen molar-refractivity contribution in [2.24, 2.45) is 0 Å². The number of hydrogen-bond acceptors (Lipinski definition) is 3. The largest absolute Gasteiger partial charge is 0.395 e. The summed E-state index contributed by atoms with van der Waals surface area (Å²) in [4.78, 5) is 0. The minimum Gasteiger partial charge on any atom is -0.395 e. The van der Waals surface area contributed by atoms with Gasteiger partial charge in [0.15, 0.2) is 0 Å². The number of aliphatic hydroxyl groups is 1. The van der Waals surface area contributed by atoms with Crippen molar-refractivity contribution in [1.29, 1.82) is 0 Å². The molecule has 3 heteroatoms. The lowest BCUT2D eigenvalue weighted by Crippen LogP contribution is -2.34. The molecule has 0 aromatic carbocycles. The Morgan fingerprint density at radius 3 is 2.33 bits per heavy atom. The Hall–Kier alpha value is 0.270. The van der Waals surface area contributed by atoms with E-state index in [4.69, 9.17) is 9.84 Å². The SMILES string of the molecule is OCC1(S)CCOCC1. The van der Waals surface area contributed by atoms with E-state index in [2.05, 4.69) is 12.6 Å². The standard InChI is InChI=1S/C6H12O2S/c7-5-6(9)1-3-8-4-2-6/h7,9H,1-5H2. The molecule has 1 rings (SSSR count). The van der Waals surface area contributed by atoms with Crippen molar-refractivity contribution in [1.82, 2.24) is 0 Å². The van der Waals surface area contributed by atoms with Crippen LogP contribution in [0.5, 0.6) is 0 Å². The highest BCUT2D eigenvalue weighted by molar-refractivity contribution is 7.81. The second-order valence-electron chi connectivity index (χ2n) is 2.49. The Morgan fingerprint density at radius 1 is 1.44 bits per heavy atom. The van der Waals surface area contributed by atoms with Crippen LogP contribution in [0.25, 0.3) is 0 Å². The lowest BCUT2D eigenvalue weighted by molar-refractivity contribution is 0.0600. The van der Waals surface area contributed by atoms with Crippen molar-refractivity contribution in [2.75, 3.05) is 19.8 Å². The quantitative estimate of drug-likeness (QED) is 0.529. The van der Waals surface area contributed by atoms with Crippen molar-refractivity contribution in [3.05, 3.63) is 0 Å². The van der Waals surface area contributed by atoms with E-state index in [-0.39, 0.29) is 11.4 Å². The molecule has 0 saturated carbocycles. The third kappa shape index (κ3) is 1.85. The summed E-state index contributed by atoms with van der Waals surface area (Å²) >= 11 is 4.32. The smallest absolute Gasteiger partial charge is 0.0577 e. The first-order valence-electron chi connectivity index (χ1n) is 3.18. The molecule has 1 aliphatic rings. The second-order valence-corrected chi connectivity index (χ2v) is 3.44. The van der Waals surface area contributed by atoms with E-state index in [1.165, 1.54) is 0 Å². The minimum atomic E-state index is -0.155. The van der Waals surface area contributed by atoms with Crippen LogP contribution in [0.3, 0.4) is 0 Å². The molecule has 0 radical (unpaired) electrons. The van der Waals surface area contributed by atoms with Gasteiger partial charge in [-0.25, -0.2) is 0 Å². The Bertz CT molecular complexity index is 89.1. The van der Waals surface area contributed by atoms with Crippen LogP contribution in [0.4, 0.5) is 0 Å². The second kappa shape index (κ2) is 2.90. The summed E-state index contributed by atoms with van der Waals surface area (Å²) in [5.74, 6) is 0. The molecule has 1 aliphatic heterocycles. The molecule has 0 unspecified atom stereocenters. The molecule has 54 valence electrons. The third-order valence-corrected chi connectivity index (χ3v) is 2.31. The highest BCUT2D eigenvalue weighted by atomic mass is 32.1. The van der Waals surface area contributed by atoms with Gasteiger partial charge in [0.25, 0.3) is 0 Å². The van der Waals surface area contributed by atoms with E-state index in [0.29, 0.717) is 0 Å². The fraction of sp³-hybridized carbons (Fsp3) is 1.00.